The molecule has 0 bridgehead atoms. The highest BCUT2D eigenvalue weighted by atomic mass is 16.5. The first-order chi connectivity index (χ1) is 13.9. The van der Waals surface area contributed by atoms with Crippen LogP contribution < -0.4 is 0 Å². The van der Waals surface area contributed by atoms with E-state index in [1.807, 2.05) is 14.1 Å². The van der Waals surface area contributed by atoms with Crippen LogP contribution in [0.25, 0.3) is 0 Å². The summed E-state index contributed by atoms with van der Waals surface area (Å²) in [6.45, 7) is 5.53. The molecule has 0 aliphatic carbocycles. The number of carbonyl (C=O) groups is 2. The molecule has 7 heteroatoms. The van der Waals surface area contributed by atoms with Gasteiger partial charge >= 0.3 is 11.9 Å². The Morgan fingerprint density at radius 1 is 0.621 bits per heavy atom. The molecule has 29 heavy (non-hydrogen) atoms. The largest absolute Gasteiger partial charge is 0.481 e. The molecule has 2 N–H and O–H groups in total. The van der Waals surface area contributed by atoms with E-state index in [1.54, 1.807) is 0 Å². The molecular formula is C22H44N2O5. The van der Waals surface area contributed by atoms with Crippen LogP contribution in [0, 0.1) is 0 Å². The molecule has 0 aromatic heterocycles. The minimum absolute atomic E-state index is 0.281. The zero-order valence-electron chi connectivity index (χ0n) is 18.7. The summed E-state index contributed by atoms with van der Waals surface area (Å²) >= 11 is 0. The monoisotopic (exact) mass is 416 g/mol. The van der Waals surface area contributed by atoms with Crippen molar-refractivity contribution in [2.45, 2.75) is 77.0 Å². The summed E-state index contributed by atoms with van der Waals surface area (Å²) in [5.74, 6) is -1.40. The van der Waals surface area contributed by atoms with E-state index in [0.717, 1.165) is 104 Å². The lowest BCUT2D eigenvalue weighted by Crippen LogP contribution is -2.30. The average Bonchev–Trinajstić information content (AvgIpc) is 2.64. The fraction of sp³-hybridized carbons (Fsp3) is 0.909. The fourth-order valence-electron chi connectivity index (χ4n) is 3.16. The molecule has 0 rings (SSSR count). The Morgan fingerprint density at radius 3 is 1.48 bits per heavy atom. The number of carboxylic acid groups (broad SMARTS) is 2. The zero-order valence-corrected chi connectivity index (χ0v) is 18.7. The second-order valence-corrected chi connectivity index (χ2v) is 8.08. The molecule has 0 atom stereocenters. The molecule has 0 aliphatic rings. The highest BCUT2D eigenvalue weighted by Crippen LogP contribution is 2.09. The van der Waals surface area contributed by atoms with E-state index >= 15 is 0 Å². The Balaban J connectivity index is 3.90. The first kappa shape index (κ1) is 27.8. The molecule has 0 amide bonds. The molecular weight excluding hydrogens is 372 g/mol. The van der Waals surface area contributed by atoms with Crippen molar-refractivity contribution in [3.63, 3.8) is 0 Å². The SMILES string of the molecule is CN(C)CCOCCN(CCCCCCCC(=O)O)CCCCCCCC(=O)O. The number of rotatable bonds is 22. The van der Waals surface area contributed by atoms with Crippen molar-refractivity contribution in [3.05, 3.63) is 0 Å². The Kier molecular flexibility index (Phi) is 19.3. The van der Waals surface area contributed by atoms with Crippen LogP contribution in [0.15, 0.2) is 0 Å². The van der Waals surface area contributed by atoms with Crippen LogP contribution in [0.1, 0.15) is 77.0 Å². The van der Waals surface area contributed by atoms with Crippen LogP contribution in [0.5, 0.6) is 0 Å². The Labute approximate surface area is 177 Å². The molecule has 0 radical (unpaired) electrons. The predicted molar refractivity (Wildman–Crippen MR) is 116 cm³/mol. The normalized spacial score (nSPS) is 11.4. The molecule has 172 valence electrons. The molecule has 0 heterocycles. The van der Waals surface area contributed by atoms with Gasteiger partial charge in [-0.3, -0.25) is 9.59 Å². The van der Waals surface area contributed by atoms with E-state index in [1.165, 1.54) is 0 Å². The summed E-state index contributed by atoms with van der Waals surface area (Å²) < 4.78 is 5.74. The van der Waals surface area contributed by atoms with Crippen molar-refractivity contribution >= 4 is 11.9 Å². The van der Waals surface area contributed by atoms with Crippen LogP contribution in [0.4, 0.5) is 0 Å². The number of ether oxygens (including phenoxy) is 1. The second kappa shape index (κ2) is 20.1. The van der Waals surface area contributed by atoms with Crippen LogP contribution in [-0.4, -0.2) is 85.4 Å². The zero-order chi connectivity index (χ0) is 21.7. The second-order valence-electron chi connectivity index (χ2n) is 8.08. The van der Waals surface area contributed by atoms with Gasteiger partial charge in [0, 0.05) is 25.9 Å². The van der Waals surface area contributed by atoms with E-state index in [0.29, 0.717) is 0 Å². The third-order valence-electron chi connectivity index (χ3n) is 4.96. The van der Waals surface area contributed by atoms with E-state index in [4.69, 9.17) is 14.9 Å². The maximum Gasteiger partial charge on any atom is 0.303 e. The van der Waals surface area contributed by atoms with Gasteiger partial charge in [-0.25, -0.2) is 0 Å². The van der Waals surface area contributed by atoms with Crippen molar-refractivity contribution in [3.8, 4) is 0 Å². The van der Waals surface area contributed by atoms with E-state index in [9.17, 15) is 9.59 Å². The van der Waals surface area contributed by atoms with Crippen LogP contribution in [0.2, 0.25) is 0 Å². The first-order valence-corrected chi connectivity index (χ1v) is 11.3. The minimum Gasteiger partial charge on any atom is -0.481 e. The van der Waals surface area contributed by atoms with E-state index < -0.39 is 11.9 Å². The van der Waals surface area contributed by atoms with Crippen molar-refractivity contribution in [2.75, 3.05) is 53.5 Å². The first-order valence-electron chi connectivity index (χ1n) is 11.3. The van der Waals surface area contributed by atoms with Gasteiger partial charge in [0.15, 0.2) is 0 Å². The van der Waals surface area contributed by atoms with Crippen LogP contribution in [-0.2, 0) is 14.3 Å². The van der Waals surface area contributed by atoms with Gasteiger partial charge in [0.1, 0.15) is 0 Å². The van der Waals surface area contributed by atoms with E-state index in [2.05, 4.69) is 9.80 Å². The smallest absolute Gasteiger partial charge is 0.303 e. The molecule has 0 unspecified atom stereocenters. The van der Waals surface area contributed by atoms with Gasteiger partial charge in [-0.15, -0.1) is 0 Å². The maximum atomic E-state index is 10.5. The Hall–Kier alpha value is -1.18. The van der Waals surface area contributed by atoms with Crippen molar-refractivity contribution in [1.82, 2.24) is 9.80 Å². The topological polar surface area (TPSA) is 90.3 Å². The average molecular weight is 417 g/mol. The highest BCUT2D eigenvalue weighted by molar-refractivity contribution is 5.66. The number of aliphatic carboxylic acids is 2. The van der Waals surface area contributed by atoms with Gasteiger partial charge in [0.2, 0.25) is 0 Å². The summed E-state index contributed by atoms with van der Waals surface area (Å²) in [5, 5.41) is 17.3. The van der Waals surface area contributed by atoms with E-state index in [-0.39, 0.29) is 12.8 Å². The van der Waals surface area contributed by atoms with Crippen molar-refractivity contribution < 1.29 is 24.5 Å². The van der Waals surface area contributed by atoms with Gasteiger partial charge < -0.3 is 24.7 Å². The molecule has 0 aliphatic heterocycles. The van der Waals surface area contributed by atoms with Crippen molar-refractivity contribution in [2.24, 2.45) is 0 Å². The molecule has 0 aromatic carbocycles. The Morgan fingerprint density at radius 2 is 1.03 bits per heavy atom. The standard InChI is InChI=1S/C22H44N2O5/c1-23(2)17-19-29-20-18-24(15-11-7-3-5-9-13-21(25)26)16-12-8-4-6-10-14-22(27)28/h3-20H2,1-2H3,(H,25,26)(H,27,28). The molecule has 0 aromatic rings. The van der Waals surface area contributed by atoms with Crippen LogP contribution >= 0.6 is 0 Å². The number of likely N-dealkylation sites (N-methyl/N-ethyl adjacent to an activating group) is 1. The number of unbranched alkanes of at least 4 members (excludes halogenated alkanes) is 8. The quantitative estimate of drug-likeness (QED) is 0.260. The van der Waals surface area contributed by atoms with Gasteiger partial charge in [0.05, 0.1) is 13.2 Å². The lowest BCUT2D eigenvalue weighted by molar-refractivity contribution is -0.138. The minimum atomic E-state index is -0.701. The van der Waals surface area contributed by atoms with Gasteiger partial charge in [0.25, 0.3) is 0 Å². The number of hydrogen-bond acceptors (Lipinski definition) is 5. The maximum absolute atomic E-state index is 10.5. The third-order valence-corrected chi connectivity index (χ3v) is 4.96. The summed E-state index contributed by atoms with van der Waals surface area (Å²) in [6, 6.07) is 0. The number of carboxylic acids is 2. The number of nitrogens with zero attached hydrogens (tertiary/aromatic N) is 2. The summed E-state index contributed by atoms with van der Waals surface area (Å²) in [4.78, 5) is 25.6. The van der Waals surface area contributed by atoms with Gasteiger partial charge in [-0.05, 0) is 52.9 Å². The predicted octanol–water partition coefficient (Wildman–Crippen LogP) is 3.72. The molecule has 0 fully saturated rings. The van der Waals surface area contributed by atoms with Crippen molar-refractivity contribution in [1.29, 1.82) is 0 Å². The van der Waals surface area contributed by atoms with Gasteiger partial charge in [-0.1, -0.05) is 38.5 Å². The molecule has 0 saturated heterocycles. The third kappa shape index (κ3) is 23.0. The Bertz CT molecular complexity index is 377. The summed E-state index contributed by atoms with van der Waals surface area (Å²) in [7, 11) is 4.09. The summed E-state index contributed by atoms with van der Waals surface area (Å²) in [5.41, 5.74) is 0. The fourth-order valence-corrected chi connectivity index (χ4v) is 3.16. The number of hydrogen-bond donors (Lipinski definition) is 2. The lowest BCUT2D eigenvalue weighted by Gasteiger charge is -2.22. The molecule has 0 saturated carbocycles. The highest BCUT2D eigenvalue weighted by Gasteiger charge is 2.06. The van der Waals surface area contributed by atoms with Gasteiger partial charge in [-0.2, -0.15) is 0 Å². The molecule has 0 spiro atoms. The lowest BCUT2D eigenvalue weighted by atomic mass is 10.1. The van der Waals surface area contributed by atoms with Crippen LogP contribution in [0.3, 0.4) is 0 Å². The summed E-state index contributed by atoms with van der Waals surface area (Å²) in [6.07, 6.45) is 10.9. The molecule has 7 nitrogen and oxygen atoms in total.